The van der Waals surface area contributed by atoms with E-state index >= 15 is 0 Å². The molecule has 0 saturated carbocycles. The van der Waals surface area contributed by atoms with Crippen LogP contribution in [0.15, 0.2) is 29.4 Å². The number of oxime groups is 1. The summed E-state index contributed by atoms with van der Waals surface area (Å²) in [5.41, 5.74) is 0.747. The summed E-state index contributed by atoms with van der Waals surface area (Å²) < 4.78 is 0.966. The van der Waals surface area contributed by atoms with Crippen LogP contribution in [0, 0.1) is 3.57 Å². The summed E-state index contributed by atoms with van der Waals surface area (Å²) in [7, 11) is 0. The van der Waals surface area contributed by atoms with Crippen molar-refractivity contribution in [3.8, 4) is 0 Å². The SMILES string of the molecule is ON=C(Cl)c1ccccc1I. The summed E-state index contributed by atoms with van der Waals surface area (Å²) >= 11 is 7.71. The van der Waals surface area contributed by atoms with Gasteiger partial charge in [0.15, 0.2) is 5.17 Å². The second-order valence-corrected chi connectivity index (χ2v) is 3.39. The maximum Gasteiger partial charge on any atom is 0.176 e. The Kier molecular flexibility index (Phi) is 3.14. The summed E-state index contributed by atoms with van der Waals surface area (Å²) in [6, 6.07) is 7.42. The third-order valence-corrected chi connectivity index (χ3v) is 2.40. The van der Waals surface area contributed by atoms with Gasteiger partial charge in [0.05, 0.1) is 0 Å². The minimum atomic E-state index is 0.120. The van der Waals surface area contributed by atoms with Gasteiger partial charge >= 0.3 is 0 Å². The minimum Gasteiger partial charge on any atom is -0.410 e. The Morgan fingerprint density at radius 2 is 2.09 bits per heavy atom. The van der Waals surface area contributed by atoms with Crippen LogP contribution in [0.3, 0.4) is 0 Å². The van der Waals surface area contributed by atoms with E-state index in [1.54, 1.807) is 6.07 Å². The van der Waals surface area contributed by atoms with Crippen LogP contribution in [-0.4, -0.2) is 10.4 Å². The van der Waals surface area contributed by atoms with Crippen LogP contribution >= 0.6 is 34.2 Å². The van der Waals surface area contributed by atoms with Gasteiger partial charge in [-0.15, -0.1) is 0 Å². The molecule has 0 radical (unpaired) electrons. The Hall–Kier alpha value is -0.290. The van der Waals surface area contributed by atoms with E-state index in [0.717, 1.165) is 9.13 Å². The number of benzene rings is 1. The van der Waals surface area contributed by atoms with Crippen LogP contribution in [-0.2, 0) is 0 Å². The lowest BCUT2D eigenvalue weighted by molar-refractivity contribution is 0.321. The Labute approximate surface area is 83.0 Å². The second kappa shape index (κ2) is 3.92. The van der Waals surface area contributed by atoms with E-state index in [0.29, 0.717) is 0 Å². The van der Waals surface area contributed by atoms with Crippen LogP contribution in [0.4, 0.5) is 0 Å². The molecule has 0 bridgehead atoms. The summed E-state index contributed by atoms with van der Waals surface area (Å²) in [6.45, 7) is 0. The van der Waals surface area contributed by atoms with E-state index in [2.05, 4.69) is 27.7 Å². The topological polar surface area (TPSA) is 32.6 Å². The maximum absolute atomic E-state index is 8.37. The van der Waals surface area contributed by atoms with Crippen LogP contribution in [0.5, 0.6) is 0 Å². The van der Waals surface area contributed by atoms with E-state index in [9.17, 15) is 0 Å². The molecule has 11 heavy (non-hydrogen) atoms. The first-order valence-corrected chi connectivity index (χ1v) is 4.34. The monoisotopic (exact) mass is 281 g/mol. The first-order chi connectivity index (χ1) is 5.25. The molecule has 0 saturated heterocycles. The summed E-state index contributed by atoms with van der Waals surface area (Å²) in [6.07, 6.45) is 0. The quantitative estimate of drug-likeness (QED) is 0.365. The molecule has 0 unspecified atom stereocenters. The highest BCUT2D eigenvalue weighted by Gasteiger charge is 2.02. The molecular weight excluding hydrogens is 276 g/mol. The van der Waals surface area contributed by atoms with Gasteiger partial charge in [0, 0.05) is 9.13 Å². The highest BCUT2D eigenvalue weighted by atomic mass is 127. The fourth-order valence-corrected chi connectivity index (χ4v) is 1.65. The van der Waals surface area contributed by atoms with Crippen molar-refractivity contribution in [1.29, 1.82) is 0 Å². The van der Waals surface area contributed by atoms with Crippen molar-refractivity contribution >= 4 is 39.4 Å². The minimum absolute atomic E-state index is 0.120. The molecule has 0 aromatic heterocycles. The van der Waals surface area contributed by atoms with Gasteiger partial charge in [-0.25, -0.2) is 0 Å². The Balaban J connectivity index is 3.14. The van der Waals surface area contributed by atoms with E-state index in [1.165, 1.54) is 0 Å². The fourth-order valence-electron chi connectivity index (χ4n) is 0.682. The number of hydrogen-bond acceptors (Lipinski definition) is 2. The zero-order valence-corrected chi connectivity index (χ0v) is 8.37. The van der Waals surface area contributed by atoms with Crippen LogP contribution < -0.4 is 0 Å². The normalized spacial score (nSPS) is 11.6. The number of rotatable bonds is 1. The molecular formula is C7H5ClINO. The Morgan fingerprint density at radius 1 is 1.45 bits per heavy atom. The molecule has 58 valence electrons. The van der Waals surface area contributed by atoms with Gasteiger partial charge in [-0.3, -0.25) is 0 Å². The largest absolute Gasteiger partial charge is 0.410 e. The molecule has 1 aromatic rings. The summed E-state index contributed by atoms with van der Waals surface area (Å²) in [5, 5.41) is 11.4. The molecule has 0 amide bonds. The van der Waals surface area contributed by atoms with Gasteiger partial charge in [0.2, 0.25) is 0 Å². The van der Waals surface area contributed by atoms with E-state index in [1.807, 2.05) is 18.2 Å². The van der Waals surface area contributed by atoms with Gasteiger partial charge in [0.1, 0.15) is 0 Å². The van der Waals surface area contributed by atoms with Crippen molar-refractivity contribution in [3.63, 3.8) is 0 Å². The number of halogens is 2. The van der Waals surface area contributed by atoms with Crippen molar-refractivity contribution in [3.05, 3.63) is 33.4 Å². The van der Waals surface area contributed by atoms with E-state index in [4.69, 9.17) is 16.8 Å². The molecule has 0 fully saturated rings. The molecule has 0 aliphatic carbocycles. The first kappa shape index (κ1) is 8.80. The average molecular weight is 281 g/mol. The van der Waals surface area contributed by atoms with Gasteiger partial charge in [-0.05, 0) is 28.7 Å². The molecule has 0 spiro atoms. The van der Waals surface area contributed by atoms with Crippen LogP contribution in [0.25, 0.3) is 0 Å². The third kappa shape index (κ3) is 2.07. The Morgan fingerprint density at radius 3 is 2.64 bits per heavy atom. The van der Waals surface area contributed by atoms with E-state index < -0.39 is 0 Å². The molecule has 0 atom stereocenters. The van der Waals surface area contributed by atoms with Crippen molar-refractivity contribution in [2.24, 2.45) is 5.16 Å². The molecule has 1 N–H and O–H groups in total. The predicted molar refractivity (Wildman–Crippen MR) is 53.3 cm³/mol. The zero-order valence-electron chi connectivity index (χ0n) is 5.46. The number of nitrogens with zero attached hydrogens (tertiary/aromatic N) is 1. The van der Waals surface area contributed by atoms with Crippen molar-refractivity contribution in [2.75, 3.05) is 0 Å². The smallest absolute Gasteiger partial charge is 0.176 e. The summed E-state index contributed by atoms with van der Waals surface area (Å²) in [4.78, 5) is 0. The highest BCUT2D eigenvalue weighted by molar-refractivity contribution is 14.1. The lowest BCUT2D eigenvalue weighted by Crippen LogP contribution is -1.93. The van der Waals surface area contributed by atoms with Gasteiger partial charge in [-0.2, -0.15) is 0 Å². The Bertz CT molecular complexity index is 288. The van der Waals surface area contributed by atoms with E-state index in [-0.39, 0.29) is 5.17 Å². The standard InChI is InChI=1S/C7H5ClINO/c8-7(10-11)5-3-1-2-4-6(5)9/h1-4,11H. The molecule has 4 heteroatoms. The predicted octanol–water partition coefficient (Wildman–Crippen LogP) is 2.67. The fraction of sp³-hybridized carbons (Fsp3) is 0. The van der Waals surface area contributed by atoms with Crippen LogP contribution in [0.2, 0.25) is 0 Å². The highest BCUT2D eigenvalue weighted by Crippen LogP contribution is 2.13. The molecule has 0 aliphatic heterocycles. The molecule has 2 nitrogen and oxygen atoms in total. The average Bonchev–Trinajstić information content (AvgIpc) is 2.04. The molecule has 0 aliphatic rings. The zero-order chi connectivity index (χ0) is 8.27. The van der Waals surface area contributed by atoms with Gasteiger partial charge < -0.3 is 5.21 Å². The first-order valence-electron chi connectivity index (χ1n) is 2.88. The van der Waals surface area contributed by atoms with Gasteiger partial charge in [-0.1, -0.05) is 35.0 Å². The van der Waals surface area contributed by atoms with Crippen LogP contribution in [0.1, 0.15) is 5.56 Å². The molecule has 1 rings (SSSR count). The second-order valence-electron chi connectivity index (χ2n) is 1.87. The maximum atomic E-state index is 8.37. The lowest BCUT2D eigenvalue weighted by atomic mass is 10.2. The summed E-state index contributed by atoms with van der Waals surface area (Å²) in [5.74, 6) is 0. The van der Waals surface area contributed by atoms with Crippen molar-refractivity contribution in [2.45, 2.75) is 0 Å². The van der Waals surface area contributed by atoms with Gasteiger partial charge in [0.25, 0.3) is 0 Å². The molecule has 0 heterocycles. The third-order valence-electron chi connectivity index (χ3n) is 1.18. The van der Waals surface area contributed by atoms with Crippen molar-refractivity contribution < 1.29 is 5.21 Å². The lowest BCUT2D eigenvalue weighted by Gasteiger charge is -1.97. The molecule has 1 aromatic carbocycles. The number of hydrogen-bond donors (Lipinski definition) is 1. The van der Waals surface area contributed by atoms with Crippen molar-refractivity contribution in [1.82, 2.24) is 0 Å².